The van der Waals surface area contributed by atoms with Gasteiger partial charge < -0.3 is 15.5 Å². The van der Waals surface area contributed by atoms with Crippen molar-refractivity contribution in [3.63, 3.8) is 0 Å². The Morgan fingerprint density at radius 1 is 1.08 bits per heavy atom. The van der Waals surface area contributed by atoms with Crippen molar-refractivity contribution in [2.24, 2.45) is 0 Å². The first-order chi connectivity index (χ1) is 12.5. The molecular formula is C20H25N3O2S. The quantitative estimate of drug-likeness (QED) is 0.792. The third kappa shape index (κ3) is 4.07. The molecule has 2 N–H and O–H groups in total. The molecule has 138 valence electrons. The number of benzene rings is 1. The summed E-state index contributed by atoms with van der Waals surface area (Å²) in [6.07, 6.45) is 4.43. The summed E-state index contributed by atoms with van der Waals surface area (Å²) in [5.74, 6) is -1.20. The van der Waals surface area contributed by atoms with E-state index in [0.29, 0.717) is 12.2 Å². The van der Waals surface area contributed by atoms with Crippen molar-refractivity contribution >= 4 is 34.5 Å². The SMILES string of the molecule is CN(C)c1ccc(NC(=O)C(=O)NCC2(c3ccsc3)CCCC2)cc1. The van der Waals surface area contributed by atoms with Gasteiger partial charge in [-0.25, -0.2) is 0 Å². The molecule has 6 heteroatoms. The standard InChI is InChI=1S/C20H25N3O2S/c1-23(2)17-7-5-16(6-8-17)22-19(25)18(24)21-14-20(10-3-4-11-20)15-9-12-26-13-15/h5-9,12-13H,3-4,10-11,14H2,1-2H3,(H,21,24)(H,22,25). The van der Waals surface area contributed by atoms with Gasteiger partial charge in [0.05, 0.1) is 0 Å². The zero-order chi connectivity index (χ0) is 18.6. The maximum Gasteiger partial charge on any atom is 0.313 e. The predicted molar refractivity (Wildman–Crippen MR) is 107 cm³/mol. The summed E-state index contributed by atoms with van der Waals surface area (Å²) in [6.45, 7) is 0.509. The van der Waals surface area contributed by atoms with Gasteiger partial charge in [0, 0.05) is 37.4 Å². The fraction of sp³-hybridized carbons (Fsp3) is 0.400. The number of carbonyl (C=O) groups excluding carboxylic acids is 2. The number of hydrogen-bond acceptors (Lipinski definition) is 4. The van der Waals surface area contributed by atoms with Crippen molar-refractivity contribution in [1.82, 2.24) is 5.32 Å². The molecule has 2 aromatic rings. The van der Waals surface area contributed by atoms with Gasteiger partial charge in [-0.2, -0.15) is 11.3 Å². The van der Waals surface area contributed by atoms with Crippen molar-refractivity contribution in [2.75, 3.05) is 30.9 Å². The van der Waals surface area contributed by atoms with Crippen LogP contribution in [0.2, 0.25) is 0 Å². The number of nitrogens with one attached hydrogen (secondary N) is 2. The first kappa shape index (κ1) is 18.5. The second kappa shape index (κ2) is 7.91. The molecule has 3 rings (SSSR count). The van der Waals surface area contributed by atoms with Crippen LogP contribution in [0.3, 0.4) is 0 Å². The summed E-state index contributed by atoms with van der Waals surface area (Å²) in [6, 6.07) is 9.53. The van der Waals surface area contributed by atoms with E-state index in [4.69, 9.17) is 0 Å². The molecule has 5 nitrogen and oxygen atoms in total. The second-order valence-electron chi connectivity index (χ2n) is 7.08. The van der Waals surface area contributed by atoms with E-state index in [1.54, 1.807) is 23.5 Å². The molecule has 0 aliphatic heterocycles. The number of hydrogen-bond donors (Lipinski definition) is 2. The molecule has 1 saturated carbocycles. The van der Waals surface area contributed by atoms with Gasteiger partial charge in [0.2, 0.25) is 0 Å². The summed E-state index contributed by atoms with van der Waals surface area (Å²) in [4.78, 5) is 26.4. The van der Waals surface area contributed by atoms with Crippen LogP contribution >= 0.6 is 11.3 Å². The van der Waals surface area contributed by atoms with Crippen molar-refractivity contribution in [3.05, 3.63) is 46.7 Å². The fourth-order valence-electron chi connectivity index (χ4n) is 3.55. The zero-order valence-electron chi connectivity index (χ0n) is 15.2. The first-order valence-electron chi connectivity index (χ1n) is 8.89. The second-order valence-corrected chi connectivity index (χ2v) is 7.86. The Hall–Kier alpha value is -2.34. The smallest absolute Gasteiger partial charge is 0.313 e. The Kier molecular flexibility index (Phi) is 5.61. The predicted octanol–water partition coefficient (Wildman–Crippen LogP) is 3.38. The molecule has 1 aliphatic rings. The largest absolute Gasteiger partial charge is 0.378 e. The Bertz CT molecular complexity index is 748. The number of amides is 2. The van der Waals surface area contributed by atoms with E-state index in [1.165, 1.54) is 5.56 Å². The molecular weight excluding hydrogens is 346 g/mol. The molecule has 1 aromatic carbocycles. The van der Waals surface area contributed by atoms with Gasteiger partial charge in [-0.3, -0.25) is 9.59 Å². The van der Waals surface area contributed by atoms with Crippen LogP contribution in [0.15, 0.2) is 41.1 Å². The van der Waals surface area contributed by atoms with Crippen LogP contribution in [0.25, 0.3) is 0 Å². The lowest BCUT2D eigenvalue weighted by molar-refractivity contribution is -0.136. The highest BCUT2D eigenvalue weighted by molar-refractivity contribution is 7.08. The van der Waals surface area contributed by atoms with Crippen molar-refractivity contribution < 1.29 is 9.59 Å². The molecule has 0 unspecified atom stereocenters. The highest BCUT2D eigenvalue weighted by atomic mass is 32.1. The fourth-order valence-corrected chi connectivity index (χ4v) is 4.32. The van der Waals surface area contributed by atoms with E-state index < -0.39 is 11.8 Å². The maximum atomic E-state index is 12.3. The summed E-state index contributed by atoms with van der Waals surface area (Å²) < 4.78 is 0. The van der Waals surface area contributed by atoms with Gasteiger partial charge in [0.25, 0.3) is 0 Å². The molecule has 26 heavy (non-hydrogen) atoms. The van der Waals surface area contributed by atoms with Crippen LogP contribution in [0.1, 0.15) is 31.2 Å². The normalized spacial score (nSPS) is 15.5. The summed E-state index contributed by atoms with van der Waals surface area (Å²) >= 11 is 1.67. The summed E-state index contributed by atoms with van der Waals surface area (Å²) in [5, 5.41) is 9.74. The van der Waals surface area contributed by atoms with Crippen LogP contribution in [-0.4, -0.2) is 32.5 Å². The molecule has 1 aromatic heterocycles. The molecule has 0 spiro atoms. The lowest BCUT2D eigenvalue weighted by Gasteiger charge is -2.28. The minimum Gasteiger partial charge on any atom is -0.378 e. The van der Waals surface area contributed by atoms with E-state index in [2.05, 4.69) is 27.5 Å². The lowest BCUT2D eigenvalue weighted by atomic mass is 9.80. The molecule has 1 fully saturated rings. The monoisotopic (exact) mass is 371 g/mol. The molecule has 0 bridgehead atoms. The number of carbonyl (C=O) groups is 2. The van der Waals surface area contributed by atoms with Gasteiger partial charge in [0.15, 0.2) is 0 Å². The van der Waals surface area contributed by atoms with Crippen LogP contribution in [-0.2, 0) is 15.0 Å². The van der Waals surface area contributed by atoms with E-state index in [0.717, 1.165) is 31.4 Å². The van der Waals surface area contributed by atoms with Crippen LogP contribution < -0.4 is 15.5 Å². The van der Waals surface area contributed by atoms with E-state index in [-0.39, 0.29) is 5.41 Å². The van der Waals surface area contributed by atoms with Gasteiger partial charge in [-0.15, -0.1) is 0 Å². The van der Waals surface area contributed by atoms with Crippen molar-refractivity contribution in [1.29, 1.82) is 0 Å². The van der Waals surface area contributed by atoms with Crippen LogP contribution in [0.5, 0.6) is 0 Å². The number of nitrogens with zero attached hydrogens (tertiary/aromatic N) is 1. The van der Waals surface area contributed by atoms with Gasteiger partial charge >= 0.3 is 11.8 Å². The first-order valence-corrected chi connectivity index (χ1v) is 9.84. The summed E-state index contributed by atoms with van der Waals surface area (Å²) in [7, 11) is 3.90. The molecule has 0 radical (unpaired) electrons. The zero-order valence-corrected chi connectivity index (χ0v) is 16.1. The van der Waals surface area contributed by atoms with Gasteiger partial charge in [0.1, 0.15) is 0 Å². The molecule has 1 heterocycles. The lowest BCUT2D eigenvalue weighted by Crippen LogP contribution is -2.43. The average molecular weight is 372 g/mol. The number of anilines is 2. The Balaban J connectivity index is 1.58. The maximum absolute atomic E-state index is 12.3. The Morgan fingerprint density at radius 2 is 1.77 bits per heavy atom. The molecule has 1 aliphatic carbocycles. The third-order valence-electron chi connectivity index (χ3n) is 5.13. The Morgan fingerprint density at radius 3 is 2.35 bits per heavy atom. The van der Waals surface area contributed by atoms with Crippen molar-refractivity contribution in [2.45, 2.75) is 31.1 Å². The van der Waals surface area contributed by atoms with Crippen molar-refractivity contribution in [3.8, 4) is 0 Å². The van der Waals surface area contributed by atoms with Crippen LogP contribution in [0.4, 0.5) is 11.4 Å². The number of rotatable bonds is 5. The van der Waals surface area contributed by atoms with E-state index in [1.807, 2.05) is 31.1 Å². The minimum atomic E-state index is -0.624. The van der Waals surface area contributed by atoms with E-state index in [9.17, 15) is 9.59 Å². The minimum absolute atomic E-state index is 0.0245. The molecule has 2 amide bonds. The van der Waals surface area contributed by atoms with Gasteiger partial charge in [-0.05, 0) is 59.5 Å². The third-order valence-corrected chi connectivity index (χ3v) is 5.81. The Labute approximate surface area is 158 Å². The van der Waals surface area contributed by atoms with Gasteiger partial charge in [-0.1, -0.05) is 12.8 Å². The highest BCUT2D eigenvalue weighted by Gasteiger charge is 2.36. The molecule has 0 atom stereocenters. The van der Waals surface area contributed by atoms with Crippen LogP contribution in [0, 0.1) is 0 Å². The van der Waals surface area contributed by atoms with E-state index >= 15 is 0 Å². The number of thiophene rings is 1. The molecule has 0 saturated heterocycles. The summed E-state index contributed by atoms with van der Waals surface area (Å²) in [5.41, 5.74) is 2.90. The topological polar surface area (TPSA) is 61.4 Å². The average Bonchev–Trinajstić information content (AvgIpc) is 3.32. The highest BCUT2D eigenvalue weighted by Crippen LogP contribution is 2.41.